The summed E-state index contributed by atoms with van der Waals surface area (Å²) in [6.07, 6.45) is 2.33. The quantitative estimate of drug-likeness (QED) is 0.838. The number of nitrogens with one attached hydrogen (secondary N) is 1. The minimum atomic E-state index is -0.973. The standard InChI is InChI=1S/C15H16N2O3/c18-14(19)11-17-10-4-7-13(17)15(20)16-9-8-12-5-2-1-3-6-12/h1-7,10H,8-9,11H2,(H,16,20)(H,18,19). The Morgan fingerprint density at radius 2 is 1.85 bits per heavy atom. The Kier molecular flexibility index (Phi) is 4.55. The highest BCUT2D eigenvalue weighted by atomic mass is 16.4. The van der Waals surface area contributed by atoms with E-state index in [1.165, 1.54) is 4.57 Å². The Morgan fingerprint density at radius 1 is 1.10 bits per heavy atom. The lowest BCUT2D eigenvalue weighted by molar-refractivity contribution is -0.137. The predicted octanol–water partition coefficient (Wildman–Crippen LogP) is 1.55. The lowest BCUT2D eigenvalue weighted by Crippen LogP contribution is -2.28. The van der Waals surface area contributed by atoms with Crippen LogP contribution >= 0.6 is 0 Å². The van der Waals surface area contributed by atoms with Crippen LogP contribution in [0, 0.1) is 0 Å². The van der Waals surface area contributed by atoms with Crippen LogP contribution in [-0.2, 0) is 17.8 Å². The van der Waals surface area contributed by atoms with E-state index in [4.69, 9.17) is 5.11 Å². The minimum Gasteiger partial charge on any atom is -0.480 e. The maximum Gasteiger partial charge on any atom is 0.323 e. The third-order valence-corrected chi connectivity index (χ3v) is 2.91. The average Bonchev–Trinajstić information content (AvgIpc) is 2.87. The Labute approximate surface area is 116 Å². The number of carbonyl (C=O) groups is 2. The Hall–Kier alpha value is -2.56. The molecule has 2 rings (SSSR count). The molecule has 1 amide bonds. The highest BCUT2D eigenvalue weighted by molar-refractivity contribution is 5.93. The van der Waals surface area contributed by atoms with Crippen LogP contribution in [0.15, 0.2) is 48.7 Å². The molecular weight excluding hydrogens is 256 g/mol. The molecule has 0 radical (unpaired) electrons. The van der Waals surface area contributed by atoms with Crippen molar-refractivity contribution in [1.82, 2.24) is 9.88 Å². The van der Waals surface area contributed by atoms with Crippen molar-refractivity contribution in [3.05, 3.63) is 59.9 Å². The van der Waals surface area contributed by atoms with Gasteiger partial charge in [-0.3, -0.25) is 9.59 Å². The summed E-state index contributed by atoms with van der Waals surface area (Å²) in [7, 11) is 0. The second-order valence-electron chi connectivity index (χ2n) is 4.41. The smallest absolute Gasteiger partial charge is 0.323 e. The molecule has 0 atom stereocenters. The van der Waals surface area contributed by atoms with E-state index in [0.717, 1.165) is 12.0 Å². The molecule has 2 aromatic rings. The zero-order chi connectivity index (χ0) is 14.4. The number of nitrogens with zero attached hydrogens (tertiary/aromatic N) is 1. The van der Waals surface area contributed by atoms with Crippen LogP contribution in [0.4, 0.5) is 0 Å². The number of amides is 1. The molecular formula is C15H16N2O3. The van der Waals surface area contributed by atoms with Gasteiger partial charge in [0.25, 0.3) is 5.91 Å². The highest BCUT2D eigenvalue weighted by Crippen LogP contribution is 2.03. The van der Waals surface area contributed by atoms with E-state index >= 15 is 0 Å². The molecule has 0 aliphatic rings. The van der Waals surface area contributed by atoms with Gasteiger partial charge in [-0.25, -0.2) is 0 Å². The second-order valence-corrected chi connectivity index (χ2v) is 4.41. The first-order valence-electron chi connectivity index (χ1n) is 6.36. The van der Waals surface area contributed by atoms with E-state index in [1.807, 2.05) is 30.3 Å². The molecule has 0 saturated carbocycles. The Morgan fingerprint density at radius 3 is 2.55 bits per heavy atom. The topological polar surface area (TPSA) is 71.3 Å². The number of aromatic nitrogens is 1. The van der Waals surface area contributed by atoms with E-state index in [1.54, 1.807) is 18.3 Å². The van der Waals surface area contributed by atoms with Gasteiger partial charge < -0.3 is 15.0 Å². The van der Waals surface area contributed by atoms with Gasteiger partial charge in [0.05, 0.1) is 0 Å². The first-order chi connectivity index (χ1) is 9.66. The molecule has 5 heteroatoms. The van der Waals surface area contributed by atoms with E-state index in [9.17, 15) is 9.59 Å². The monoisotopic (exact) mass is 272 g/mol. The first-order valence-corrected chi connectivity index (χ1v) is 6.36. The summed E-state index contributed by atoms with van der Waals surface area (Å²) < 4.78 is 1.42. The fraction of sp³-hybridized carbons (Fsp3) is 0.200. The number of carbonyl (C=O) groups excluding carboxylic acids is 1. The number of hydrogen-bond donors (Lipinski definition) is 2. The van der Waals surface area contributed by atoms with Gasteiger partial charge in [0, 0.05) is 12.7 Å². The van der Waals surface area contributed by atoms with Crippen LogP contribution in [0.5, 0.6) is 0 Å². The zero-order valence-electron chi connectivity index (χ0n) is 11.0. The molecule has 0 spiro atoms. The van der Waals surface area contributed by atoms with E-state index < -0.39 is 5.97 Å². The maximum absolute atomic E-state index is 12.0. The second kappa shape index (κ2) is 6.56. The SMILES string of the molecule is O=C(O)Cn1cccc1C(=O)NCCc1ccccc1. The number of rotatable bonds is 6. The molecule has 0 saturated heterocycles. The van der Waals surface area contributed by atoms with Crippen molar-refractivity contribution in [1.29, 1.82) is 0 Å². The molecule has 2 N–H and O–H groups in total. The van der Waals surface area contributed by atoms with Crippen LogP contribution < -0.4 is 5.32 Å². The normalized spacial score (nSPS) is 10.2. The van der Waals surface area contributed by atoms with Crippen molar-refractivity contribution < 1.29 is 14.7 Å². The van der Waals surface area contributed by atoms with Crippen molar-refractivity contribution >= 4 is 11.9 Å². The maximum atomic E-state index is 12.0. The van der Waals surface area contributed by atoms with Gasteiger partial charge in [0.2, 0.25) is 0 Å². The molecule has 20 heavy (non-hydrogen) atoms. The Bertz CT molecular complexity index is 590. The molecule has 5 nitrogen and oxygen atoms in total. The number of aliphatic carboxylic acids is 1. The van der Waals surface area contributed by atoms with Crippen LogP contribution in [-0.4, -0.2) is 28.1 Å². The first kappa shape index (κ1) is 13.9. The van der Waals surface area contributed by atoms with Crippen molar-refractivity contribution in [2.24, 2.45) is 0 Å². The molecule has 0 unspecified atom stereocenters. The Balaban J connectivity index is 1.89. The number of carboxylic acid groups (broad SMARTS) is 1. The van der Waals surface area contributed by atoms with Gasteiger partial charge in [0.1, 0.15) is 12.2 Å². The van der Waals surface area contributed by atoms with Crippen molar-refractivity contribution in [2.75, 3.05) is 6.54 Å². The van der Waals surface area contributed by atoms with E-state index in [2.05, 4.69) is 5.32 Å². The van der Waals surface area contributed by atoms with E-state index in [-0.39, 0.29) is 12.5 Å². The number of hydrogen-bond acceptors (Lipinski definition) is 2. The summed E-state index contributed by atoms with van der Waals surface area (Å²) >= 11 is 0. The summed E-state index contributed by atoms with van der Waals surface area (Å²) in [6.45, 7) is 0.301. The molecule has 104 valence electrons. The summed E-state index contributed by atoms with van der Waals surface area (Å²) in [5.74, 6) is -1.23. The minimum absolute atomic E-state index is 0.214. The summed E-state index contributed by atoms with van der Waals surface area (Å²) in [4.78, 5) is 22.7. The molecule has 0 bridgehead atoms. The molecule has 0 aliphatic heterocycles. The summed E-state index contributed by atoms with van der Waals surface area (Å²) in [5.41, 5.74) is 1.51. The fourth-order valence-corrected chi connectivity index (χ4v) is 1.96. The van der Waals surface area contributed by atoms with Crippen molar-refractivity contribution in [3.63, 3.8) is 0 Å². The third kappa shape index (κ3) is 3.71. The zero-order valence-corrected chi connectivity index (χ0v) is 11.0. The van der Waals surface area contributed by atoms with Crippen molar-refractivity contribution in [2.45, 2.75) is 13.0 Å². The van der Waals surface area contributed by atoms with Gasteiger partial charge >= 0.3 is 5.97 Å². The number of benzene rings is 1. The summed E-state index contributed by atoms with van der Waals surface area (Å²) in [6, 6.07) is 13.1. The summed E-state index contributed by atoms with van der Waals surface area (Å²) in [5, 5.41) is 11.6. The predicted molar refractivity (Wildman–Crippen MR) is 74.5 cm³/mol. The fourth-order valence-electron chi connectivity index (χ4n) is 1.96. The van der Waals surface area contributed by atoms with Gasteiger partial charge in [-0.2, -0.15) is 0 Å². The van der Waals surface area contributed by atoms with Gasteiger partial charge in [-0.1, -0.05) is 30.3 Å². The lowest BCUT2D eigenvalue weighted by atomic mass is 10.1. The lowest BCUT2D eigenvalue weighted by Gasteiger charge is -2.08. The molecule has 1 aromatic carbocycles. The molecule has 0 aliphatic carbocycles. The molecule has 1 heterocycles. The van der Waals surface area contributed by atoms with Gasteiger partial charge in [-0.15, -0.1) is 0 Å². The van der Waals surface area contributed by atoms with Crippen LogP contribution in [0.3, 0.4) is 0 Å². The van der Waals surface area contributed by atoms with Crippen LogP contribution in [0.2, 0.25) is 0 Å². The average molecular weight is 272 g/mol. The van der Waals surface area contributed by atoms with Crippen molar-refractivity contribution in [3.8, 4) is 0 Å². The highest BCUT2D eigenvalue weighted by Gasteiger charge is 2.11. The molecule has 1 aromatic heterocycles. The van der Waals surface area contributed by atoms with Gasteiger partial charge in [0.15, 0.2) is 0 Å². The third-order valence-electron chi connectivity index (χ3n) is 2.91. The van der Waals surface area contributed by atoms with E-state index in [0.29, 0.717) is 12.2 Å². The van der Waals surface area contributed by atoms with Crippen LogP contribution in [0.25, 0.3) is 0 Å². The number of carboxylic acids is 1. The van der Waals surface area contributed by atoms with Crippen LogP contribution in [0.1, 0.15) is 16.1 Å². The van der Waals surface area contributed by atoms with Gasteiger partial charge in [-0.05, 0) is 24.1 Å². The molecule has 0 fully saturated rings. The largest absolute Gasteiger partial charge is 0.480 e.